The topological polar surface area (TPSA) is 184 Å². The van der Waals surface area contributed by atoms with Crippen LogP contribution in [0.15, 0.2) is 42.5 Å². The van der Waals surface area contributed by atoms with Gasteiger partial charge < -0.3 is 45.0 Å². The first-order chi connectivity index (χ1) is 25.2. The number of halogens is 3. The smallest absolute Gasteiger partial charge is 0.422 e. The molecule has 2 aliphatic rings. The van der Waals surface area contributed by atoms with Crippen LogP contribution in [0.1, 0.15) is 68.8 Å². The molecule has 1 atom stereocenters. The van der Waals surface area contributed by atoms with Crippen molar-refractivity contribution in [1.29, 1.82) is 0 Å². The summed E-state index contributed by atoms with van der Waals surface area (Å²) in [5, 5.41) is 11.1. The second-order valence-electron chi connectivity index (χ2n) is 12.9. The molecule has 3 aromatic rings. The van der Waals surface area contributed by atoms with Gasteiger partial charge in [0.15, 0.2) is 6.61 Å². The van der Waals surface area contributed by atoms with Gasteiger partial charge in [-0.25, -0.2) is 9.59 Å². The van der Waals surface area contributed by atoms with E-state index in [9.17, 15) is 27.6 Å². The molecule has 2 amide bonds. The lowest BCUT2D eigenvalue weighted by atomic mass is 10.1. The van der Waals surface area contributed by atoms with Gasteiger partial charge in [0.05, 0.1) is 25.9 Å². The third-order valence-electron chi connectivity index (χ3n) is 7.29. The number of anilines is 3. The minimum absolute atomic E-state index is 0.00365. The number of nitrogens with one attached hydrogen (secondary N) is 4. The van der Waals surface area contributed by atoms with E-state index in [1.165, 1.54) is 25.3 Å². The number of hydrogen-bond acceptors (Lipinski definition) is 13. The van der Waals surface area contributed by atoms with Crippen molar-refractivity contribution < 1.29 is 51.2 Å². The van der Waals surface area contributed by atoms with Crippen molar-refractivity contribution in [3.63, 3.8) is 0 Å². The molecule has 53 heavy (non-hydrogen) atoms. The third kappa shape index (κ3) is 14.2. The van der Waals surface area contributed by atoms with Gasteiger partial charge in [-0.05, 0) is 82.7 Å². The largest absolute Gasteiger partial charge is 0.494 e. The Morgan fingerprint density at radius 1 is 0.925 bits per heavy atom. The Balaban J connectivity index is 1.58. The van der Waals surface area contributed by atoms with Crippen LogP contribution in [0.4, 0.5) is 35.5 Å². The molecule has 288 valence electrons. The van der Waals surface area contributed by atoms with Crippen molar-refractivity contribution in [2.75, 3.05) is 44.1 Å². The van der Waals surface area contributed by atoms with Gasteiger partial charge in [0.2, 0.25) is 11.9 Å². The van der Waals surface area contributed by atoms with E-state index < -0.39 is 48.4 Å². The van der Waals surface area contributed by atoms with E-state index in [1.807, 2.05) is 24.3 Å². The minimum Gasteiger partial charge on any atom is -0.494 e. The summed E-state index contributed by atoms with van der Waals surface area (Å²) in [5.74, 6) is -0.781. The van der Waals surface area contributed by atoms with E-state index in [2.05, 4.69) is 36.2 Å². The van der Waals surface area contributed by atoms with Crippen LogP contribution in [-0.2, 0) is 20.8 Å². The Kier molecular flexibility index (Phi) is 14.3. The van der Waals surface area contributed by atoms with Crippen LogP contribution in [-0.4, -0.2) is 84.2 Å². The molecule has 15 nitrogen and oxygen atoms in total. The zero-order chi connectivity index (χ0) is 38.4. The van der Waals surface area contributed by atoms with Gasteiger partial charge in [-0.3, -0.25) is 4.79 Å². The highest BCUT2D eigenvalue weighted by molar-refractivity contribution is 5.99. The number of amides is 2. The molecule has 0 spiro atoms. The molecule has 3 heterocycles. The molecule has 2 aliphatic heterocycles. The molecule has 18 heteroatoms. The van der Waals surface area contributed by atoms with E-state index in [0.29, 0.717) is 24.5 Å². The monoisotopic (exact) mass is 747 g/mol. The number of esters is 1. The maximum atomic E-state index is 13.6. The fourth-order valence-corrected chi connectivity index (χ4v) is 4.81. The summed E-state index contributed by atoms with van der Waals surface area (Å²) < 4.78 is 65.8. The van der Waals surface area contributed by atoms with Crippen LogP contribution in [0, 0.1) is 0 Å². The summed E-state index contributed by atoms with van der Waals surface area (Å²) in [4.78, 5) is 50.5. The third-order valence-corrected chi connectivity index (χ3v) is 7.29. The molecule has 6 bridgehead atoms. The SMILES string of the molecule is COC(=O)[C@H](CCNC(=O)OC(C)(C)C)NC(=O)c1ccc2cc1OCCCCCCOc1ccc(cc1)CNc1nc(nc(OCC(F)(F)F)n1)N2. The van der Waals surface area contributed by atoms with Crippen molar-refractivity contribution >= 4 is 35.6 Å². The number of carbonyl (C=O) groups excluding carboxylic acids is 3. The molecule has 4 N–H and O–H groups in total. The van der Waals surface area contributed by atoms with Crippen LogP contribution in [0.25, 0.3) is 0 Å². The Hall–Kier alpha value is -5.55. The predicted octanol–water partition coefficient (Wildman–Crippen LogP) is 5.69. The number of fused-ring (bicyclic) bond motifs is 10. The van der Waals surface area contributed by atoms with E-state index in [0.717, 1.165) is 24.8 Å². The molecule has 0 aliphatic carbocycles. The number of alkyl halides is 3. The maximum absolute atomic E-state index is 13.6. The molecule has 0 radical (unpaired) electrons. The number of ether oxygens (including phenoxy) is 5. The average Bonchev–Trinajstić information content (AvgIpc) is 3.09. The standard InChI is InChI=1S/C35H44F3N7O8/c1-34(2,3)53-33(48)39-16-15-26(29(47)49-4)42-28(46)25-14-11-23-19-27(25)51-18-8-6-5-7-17-50-24-12-9-22(10-13-24)20-40-30-43-31(41-23)45-32(44-30)52-21-35(36,37)38/h9-14,19,26H,5-8,15-18,20-21H2,1-4H3,(H,39,48)(H,42,46)(H2,40,41,43,44,45)/t26-/m0/s1. The first-order valence-electron chi connectivity index (χ1n) is 17.0. The number of carbonyl (C=O) groups is 3. The Bertz CT molecular complexity index is 1690. The lowest BCUT2D eigenvalue weighted by Crippen LogP contribution is -2.44. The van der Waals surface area contributed by atoms with Crippen molar-refractivity contribution in [2.45, 2.75) is 77.2 Å². The highest BCUT2D eigenvalue weighted by atomic mass is 19.4. The number of methoxy groups -OCH3 is 1. The van der Waals surface area contributed by atoms with Gasteiger partial charge in [-0.2, -0.15) is 28.1 Å². The molecular formula is C35H44F3N7O8. The molecule has 2 aromatic carbocycles. The van der Waals surface area contributed by atoms with Gasteiger partial charge in [0, 0.05) is 24.8 Å². The summed E-state index contributed by atoms with van der Waals surface area (Å²) in [7, 11) is 1.18. The molecule has 1 aromatic heterocycles. The van der Waals surface area contributed by atoms with Gasteiger partial charge in [-0.15, -0.1) is 0 Å². The number of benzene rings is 2. The fraction of sp³-hybridized carbons (Fsp3) is 0.486. The first kappa shape index (κ1) is 40.2. The second kappa shape index (κ2) is 18.8. The van der Waals surface area contributed by atoms with Crippen LogP contribution in [0.2, 0.25) is 0 Å². The average molecular weight is 748 g/mol. The van der Waals surface area contributed by atoms with Crippen LogP contribution in [0.3, 0.4) is 0 Å². The summed E-state index contributed by atoms with van der Waals surface area (Å²) in [6.45, 7) is 4.49. The quantitative estimate of drug-likeness (QED) is 0.207. The predicted molar refractivity (Wildman–Crippen MR) is 186 cm³/mol. The molecular weight excluding hydrogens is 703 g/mol. The van der Waals surface area contributed by atoms with Crippen molar-refractivity contribution in [3.05, 3.63) is 53.6 Å². The highest BCUT2D eigenvalue weighted by Crippen LogP contribution is 2.27. The van der Waals surface area contributed by atoms with Crippen LogP contribution >= 0.6 is 0 Å². The van der Waals surface area contributed by atoms with E-state index >= 15 is 0 Å². The van der Waals surface area contributed by atoms with E-state index in [-0.39, 0.29) is 49.3 Å². The van der Waals surface area contributed by atoms with Crippen molar-refractivity contribution in [1.82, 2.24) is 25.6 Å². The van der Waals surface area contributed by atoms with Gasteiger partial charge >= 0.3 is 24.2 Å². The van der Waals surface area contributed by atoms with Crippen LogP contribution < -0.4 is 35.5 Å². The van der Waals surface area contributed by atoms with Gasteiger partial charge in [0.1, 0.15) is 23.1 Å². The Labute approximate surface area is 304 Å². The van der Waals surface area contributed by atoms with Crippen molar-refractivity contribution in [2.24, 2.45) is 0 Å². The summed E-state index contributed by atoms with van der Waals surface area (Å²) in [6, 6.07) is 10.1. The zero-order valence-corrected chi connectivity index (χ0v) is 29.9. The first-order valence-corrected chi connectivity index (χ1v) is 17.0. The van der Waals surface area contributed by atoms with Crippen LogP contribution in [0.5, 0.6) is 17.5 Å². The summed E-state index contributed by atoms with van der Waals surface area (Å²) in [6.07, 6.45) is -2.17. The van der Waals surface area contributed by atoms with E-state index in [1.54, 1.807) is 20.8 Å². The number of rotatable bonds is 8. The van der Waals surface area contributed by atoms with E-state index in [4.69, 9.17) is 23.7 Å². The molecule has 5 rings (SSSR count). The summed E-state index contributed by atoms with van der Waals surface area (Å²) >= 11 is 0. The number of nitrogens with zero attached hydrogens (tertiary/aromatic N) is 3. The minimum atomic E-state index is -4.64. The molecule has 0 saturated carbocycles. The zero-order valence-electron chi connectivity index (χ0n) is 29.9. The second-order valence-corrected chi connectivity index (χ2v) is 12.9. The fourth-order valence-electron chi connectivity index (χ4n) is 4.81. The summed E-state index contributed by atoms with van der Waals surface area (Å²) in [5.41, 5.74) is 0.506. The lowest BCUT2D eigenvalue weighted by molar-refractivity contribution is -0.154. The molecule has 0 fully saturated rings. The van der Waals surface area contributed by atoms with Gasteiger partial charge in [-0.1, -0.05) is 12.1 Å². The van der Waals surface area contributed by atoms with Crippen molar-refractivity contribution in [3.8, 4) is 17.5 Å². The normalized spacial score (nSPS) is 14.4. The number of aromatic nitrogens is 3. The maximum Gasteiger partial charge on any atom is 0.422 e. The molecule has 0 saturated heterocycles. The number of alkyl carbamates (subject to hydrolysis) is 1. The lowest BCUT2D eigenvalue weighted by Gasteiger charge is -2.21. The Morgan fingerprint density at radius 2 is 1.62 bits per heavy atom. The highest BCUT2D eigenvalue weighted by Gasteiger charge is 2.29. The van der Waals surface area contributed by atoms with Gasteiger partial charge in [0.25, 0.3) is 5.91 Å². The Morgan fingerprint density at radius 3 is 2.30 bits per heavy atom. The molecule has 0 unspecified atom stereocenters. The number of hydrogen-bond donors (Lipinski definition) is 4.